The first-order valence-corrected chi connectivity index (χ1v) is 29.1. The standard InChI is InChI=1S/C34H29F6N11O2.C25H30BF3N6O3.CH5N.CH4/c35-27-4-2-1-3-26(27)32(53,20-50-21-43-45-47-50)33(36,37)29-11-7-23(17-41-29)22-5-8-24(9-6-22)48-13-15-49(16-14-48)25-10-12-30(42-18-25)51-19-28(44-46-51)31(52)34(38,39)40;1-23(2)24(3,4)38-26(37-23)17-5-7-18(8-6-17)33-11-13-34(14-12-33)19-9-10-21(30-15-19)35-16-20(31-32-35)22(36)25(27,28)29;1-2;/h1-12,17-19,21,31,52-53H,13-16,20H2;5-10,15-16,22,36H,11-14H2,1-4H3;2H2,1H3;1H4. The fourth-order valence-corrected chi connectivity index (χ4v) is 10.5. The lowest BCUT2D eigenvalue weighted by Gasteiger charge is -2.37. The molecule has 12 rings (SSSR count). The molecular weight excluding hydrogens is 1250 g/mol. The largest absolute Gasteiger partial charge is 0.494 e. The maximum atomic E-state index is 16.1. The van der Waals surface area contributed by atoms with Crippen LogP contribution in [-0.4, -0.2) is 171 Å². The zero-order valence-electron chi connectivity index (χ0n) is 50.7. The molecule has 94 heavy (non-hydrogen) atoms. The highest BCUT2D eigenvalue weighted by Gasteiger charge is 2.58. The Bertz CT molecular complexity index is 3880. The van der Waals surface area contributed by atoms with Crippen molar-refractivity contribution in [1.29, 1.82) is 0 Å². The molecule has 33 heteroatoms. The number of alkyl halides is 8. The van der Waals surface area contributed by atoms with Crippen molar-refractivity contribution in [2.24, 2.45) is 5.73 Å². The van der Waals surface area contributed by atoms with E-state index in [9.17, 15) is 46.1 Å². The molecule has 498 valence electrons. The summed E-state index contributed by atoms with van der Waals surface area (Å²) in [6.07, 6.45) is -7.55. The van der Waals surface area contributed by atoms with E-state index in [0.29, 0.717) is 43.1 Å². The molecule has 3 aromatic carbocycles. The van der Waals surface area contributed by atoms with E-state index in [4.69, 9.17) is 9.31 Å². The number of anilines is 4. The molecule has 3 fully saturated rings. The van der Waals surface area contributed by atoms with Gasteiger partial charge in [0, 0.05) is 81.1 Å². The van der Waals surface area contributed by atoms with Gasteiger partial charge in [0.25, 0.3) is 0 Å². The zero-order chi connectivity index (χ0) is 66.7. The number of tetrazole rings is 1. The van der Waals surface area contributed by atoms with Crippen LogP contribution in [0.1, 0.15) is 70.0 Å². The highest BCUT2D eigenvalue weighted by atomic mass is 19.4. The second-order valence-corrected chi connectivity index (χ2v) is 22.8. The molecule has 0 aliphatic carbocycles. The molecule has 3 aliphatic rings. The van der Waals surface area contributed by atoms with Gasteiger partial charge in [-0.15, -0.1) is 15.3 Å². The molecular formula is C61H68BF9N18O5. The summed E-state index contributed by atoms with van der Waals surface area (Å²) in [5.41, 5.74) is 4.08. The average molecular weight is 1320 g/mol. The Morgan fingerprint density at radius 2 is 0.989 bits per heavy atom. The van der Waals surface area contributed by atoms with Gasteiger partial charge in [0.05, 0.1) is 53.9 Å². The number of hydrogen-bond acceptors (Lipinski definition) is 20. The molecule has 3 unspecified atom stereocenters. The van der Waals surface area contributed by atoms with Crippen LogP contribution < -0.4 is 30.8 Å². The molecule has 0 amide bonds. The second-order valence-electron chi connectivity index (χ2n) is 22.8. The normalized spacial score (nSPS) is 17.1. The summed E-state index contributed by atoms with van der Waals surface area (Å²) >= 11 is 0. The van der Waals surface area contributed by atoms with Gasteiger partial charge in [-0.2, -0.15) is 35.1 Å². The van der Waals surface area contributed by atoms with E-state index in [-0.39, 0.29) is 31.6 Å². The van der Waals surface area contributed by atoms with Crippen LogP contribution in [0.5, 0.6) is 0 Å². The summed E-state index contributed by atoms with van der Waals surface area (Å²) in [5, 5.41) is 54.7. The summed E-state index contributed by atoms with van der Waals surface area (Å²) < 4.78 is 139. The predicted molar refractivity (Wildman–Crippen MR) is 330 cm³/mol. The number of pyridine rings is 3. The summed E-state index contributed by atoms with van der Waals surface area (Å²) in [4.78, 5) is 21.4. The predicted octanol–water partition coefficient (Wildman–Crippen LogP) is 7.55. The SMILES string of the molecule is C.CC1(C)OB(c2ccc(N3CCN(c4ccc(-n5cc(C(O)C(F)(F)F)nn5)nc4)CC3)cc2)OC1(C)C.CN.OC(c1cn(-c2ccc(N3CCN(c4ccc(-c5ccc(C(F)(F)C(O)(Cn6cnnn6)c6ccccc6F)nc5)cc4)CC3)cn2)nn1)C(F)(F)F. The summed E-state index contributed by atoms with van der Waals surface area (Å²) in [6.45, 7) is 13.2. The monoisotopic (exact) mass is 1310 g/mol. The number of nitrogens with zero attached hydrogens (tertiary/aromatic N) is 17. The number of benzene rings is 3. The van der Waals surface area contributed by atoms with E-state index >= 15 is 8.78 Å². The van der Waals surface area contributed by atoms with Gasteiger partial charge in [-0.3, -0.25) is 4.98 Å². The molecule has 0 bridgehead atoms. The molecule has 23 nitrogen and oxygen atoms in total. The Morgan fingerprint density at radius 1 is 0.553 bits per heavy atom. The molecule has 3 aliphatic heterocycles. The average Bonchev–Trinajstić information content (AvgIpc) is 1.01. The molecule has 0 radical (unpaired) electrons. The fourth-order valence-electron chi connectivity index (χ4n) is 10.5. The number of nitrogens with two attached hydrogens (primary N) is 1. The van der Waals surface area contributed by atoms with E-state index in [0.717, 1.165) is 105 Å². The first-order chi connectivity index (χ1) is 44.2. The van der Waals surface area contributed by atoms with Gasteiger partial charge in [0.2, 0.25) is 0 Å². The third-order valence-electron chi connectivity index (χ3n) is 16.5. The number of aliphatic hydroxyl groups is 3. The number of aromatic nitrogens is 13. The van der Waals surface area contributed by atoms with Crippen LogP contribution in [0.4, 0.5) is 62.3 Å². The van der Waals surface area contributed by atoms with Crippen LogP contribution in [-0.2, 0) is 27.4 Å². The summed E-state index contributed by atoms with van der Waals surface area (Å²) in [7, 11) is 1.11. The van der Waals surface area contributed by atoms with Gasteiger partial charge in [-0.25, -0.2) is 28.4 Å². The lowest BCUT2D eigenvalue weighted by Crippen LogP contribution is -2.48. The maximum Gasteiger partial charge on any atom is 0.494 e. The van der Waals surface area contributed by atoms with Crippen LogP contribution in [0.15, 0.2) is 147 Å². The highest BCUT2D eigenvalue weighted by Crippen LogP contribution is 2.47. The number of hydrogen-bond donors (Lipinski definition) is 4. The van der Waals surface area contributed by atoms with Crippen molar-refractivity contribution < 1.29 is 64.1 Å². The van der Waals surface area contributed by atoms with Gasteiger partial charge in [-0.05, 0) is 117 Å². The van der Waals surface area contributed by atoms with Gasteiger partial charge >= 0.3 is 25.4 Å². The Morgan fingerprint density at radius 3 is 1.39 bits per heavy atom. The molecule has 9 heterocycles. The van der Waals surface area contributed by atoms with Crippen LogP contribution in [0.2, 0.25) is 0 Å². The first kappa shape index (κ1) is 69.2. The number of aliphatic hydroxyl groups excluding tert-OH is 2. The Hall–Kier alpha value is -9.15. The van der Waals surface area contributed by atoms with E-state index in [1.54, 1.807) is 30.6 Å². The van der Waals surface area contributed by atoms with Gasteiger partial charge in [0.15, 0.2) is 29.4 Å². The maximum absolute atomic E-state index is 16.1. The van der Waals surface area contributed by atoms with Crippen LogP contribution in [0.25, 0.3) is 22.8 Å². The molecule has 0 saturated carbocycles. The van der Waals surface area contributed by atoms with Crippen molar-refractivity contribution >= 4 is 35.3 Å². The Balaban J connectivity index is 0.000000224. The first-order valence-electron chi connectivity index (χ1n) is 29.1. The quantitative estimate of drug-likeness (QED) is 0.0570. The van der Waals surface area contributed by atoms with Crippen LogP contribution in [0.3, 0.4) is 0 Å². The van der Waals surface area contributed by atoms with Gasteiger partial charge in [0.1, 0.15) is 29.2 Å². The molecule has 9 aromatic rings. The topological polar surface area (TPSA) is 262 Å². The zero-order valence-corrected chi connectivity index (χ0v) is 50.7. The van der Waals surface area contributed by atoms with Crippen LogP contribution >= 0.6 is 0 Å². The Kier molecular flexibility index (Phi) is 20.5. The minimum atomic E-state index is -4.86. The third-order valence-corrected chi connectivity index (χ3v) is 16.5. The van der Waals surface area contributed by atoms with Crippen molar-refractivity contribution in [3.8, 4) is 22.8 Å². The van der Waals surface area contributed by atoms with E-state index in [2.05, 4.69) is 101 Å². The van der Waals surface area contributed by atoms with Gasteiger partial charge in [-0.1, -0.05) is 66.4 Å². The minimum Gasteiger partial charge on any atom is -0.399 e. The van der Waals surface area contributed by atoms with Crippen molar-refractivity contribution in [2.75, 3.05) is 79.0 Å². The highest BCUT2D eigenvalue weighted by molar-refractivity contribution is 6.62. The number of halogens is 9. The number of rotatable bonds is 15. The van der Waals surface area contributed by atoms with Crippen molar-refractivity contribution in [2.45, 2.75) is 89.0 Å². The number of piperazine rings is 2. The smallest absolute Gasteiger partial charge is 0.399 e. The van der Waals surface area contributed by atoms with Gasteiger partial charge < -0.3 is 50.0 Å². The Labute approximate surface area is 534 Å². The molecule has 3 saturated heterocycles. The van der Waals surface area contributed by atoms with E-state index in [1.165, 1.54) is 31.4 Å². The minimum absolute atomic E-state index is 0. The van der Waals surface area contributed by atoms with Crippen molar-refractivity contribution in [3.05, 3.63) is 175 Å². The molecule has 5 N–H and O–H groups in total. The summed E-state index contributed by atoms with van der Waals surface area (Å²) in [6, 6.07) is 30.0. The van der Waals surface area contributed by atoms with Crippen molar-refractivity contribution in [3.63, 3.8) is 0 Å². The molecule has 0 spiro atoms. The molecule has 6 aromatic heterocycles. The molecule has 3 atom stereocenters. The summed E-state index contributed by atoms with van der Waals surface area (Å²) in [5.74, 6) is -4.54. The third kappa shape index (κ3) is 14.8. The van der Waals surface area contributed by atoms with Crippen molar-refractivity contribution in [1.82, 2.24) is 65.1 Å². The fraction of sp³-hybridized carbons (Fsp3) is 0.377. The second kappa shape index (κ2) is 27.8. The lowest BCUT2D eigenvalue weighted by atomic mass is 9.79. The van der Waals surface area contributed by atoms with E-state index in [1.807, 2.05) is 58.0 Å². The van der Waals surface area contributed by atoms with E-state index < -0.39 is 71.1 Å². The van der Waals surface area contributed by atoms with Crippen LogP contribution in [0, 0.1) is 5.82 Å². The lowest BCUT2D eigenvalue weighted by molar-refractivity contribution is -0.208.